The minimum absolute atomic E-state index is 1.18. The van der Waals surface area contributed by atoms with Gasteiger partial charge in [0.15, 0.2) is 0 Å². The van der Waals surface area contributed by atoms with Crippen LogP contribution in [0, 0.1) is 6.92 Å². The molecular weight excluding hydrogens is 340 g/mol. The summed E-state index contributed by atoms with van der Waals surface area (Å²) in [6.07, 6.45) is 5.99. The third kappa shape index (κ3) is 2.28. The van der Waals surface area contributed by atoms with Gasteiger partial charge in [0.1, 0.15) is 0 Å². The third-order valence-electron chi connectivity index (χ3n) is 5.72. The highest BCUT2D eigenvalue weighted by Gasteiger charge is 2.15. The highest BCUT2D eigenvalue weighted by molar-refractivity contribution is 6.08. The Morgan fingerprint density at radius 3 is 2.25 bits per heavy atom. The van der Waals surface area contributed by atoms with E-state index in [1.165, 1.54) is 49.7 Å². The molecule has 0 aliphatic rings. The van der Waals surface area contributed by atoms with E-state index >= 15 is 0 Å². The van der Waals surface area contributed by atoms with E-state index < -0.39 is 0 Å². The lowest BCUT2D eigenvalue weighted by Gasteiger charge is -2.10. The number of nitrogens with zero attached hydrogens (tertiary/aromatic N) is 2. The van der Waals surface area contributed by atoms with Crippen molar-refractivity contribution in [2.24, 2.45) is 7.05 Å². The first-order valence-electron chi connectivity index (χ1n) is 9.57. The normalized spacial score (nSPS) is 11.9. The lowest BCUT2D eigenvalue weighted by molar-refractivity contribution is 1.01. The Morgan fingerprint density at radius 1 is 0.786 bits per heavy atom. The number of hydrogen-bond donors (Lipinski definition) is 0. The molecular formula is C26H22N2. The monoisotopic (exact) mass is 362 g/mol. The van der Waals surface area contributed by atoms with E-state index in [1.54, 1.807) is 0 Å². The van der Waals surface area contributed by atoms with Crippen LogP contribution in [0.15, 0.2) is 85.5 Å². The fraction of sp³-hybridized carbons (Fsp3) is 0.0769. The zero-order chi connectivity index (χ0) is 19.3. The summed E-state index contributed by atoms with van der Waals surface area (Å²) in [6.45, 7) is 6.03. The molecule has 0 fully saturated rings. The first-order valence-corrected chi connectivity index (χ1v) is 9.57. The molecule has 0 N–H and O–H groups in total. The third-order valence-corrected chi connectivity index (χ3v) is 5.72. The predicted molar refractivity (Wildman–Crippen MR) is 121 cm³/mol. The fourth-order valence-corrected chi connectivity index (χ4v) is 4.35. The molecule has 0 saturated carbocycles. The van der Waals surface area contributed by atoms with E-state index in [2.05, 4.69) is 102 Å². The average Bonchev–Trinajstić information content (AvgIpc) is 3.18. The molecule has 3 aromatic carbocycles. The van der Waals surface area contributed by atoms with Crippen LogP contribution < -0.4 is 0 Å². The second-order valence-corrected chi connectivity index (χ2v) is 7.24. The van der Waals surface area contributed by atoms with Crippen molar-refractivity contribution >= 4 is 38.8 Å². The van der Waals surface area contributed by atoms with Crippen molar-refractivity contribution in [2.75, 3.05) is 0 Å². The van der Waals surface area contributed by atoms with Crippen molar-refractivity contribution in [1.29, 1.82) is 0 Å². The molecule has 0 aliphatic carbocycles. The standard InChI is InChI=1S/C26H22N2/c1-4-5-12-23-18(2)20-10-6-9-14-26(20)28(23)19-15-16-25-22(17-19)21-11-7-8-13-24(21)27(25)3/h4-17H,1H2,2-3H3/b12-5-. The van der Waals surface area contributed by atoms with Gasteiger partial charge in [0.25, 0.3) is 0 Å². The molecule has 0 spiro atoms. The van der Waals surface area contributed by atoms with Gasteiger partial charge in [-0.1, -0.05) is 55.1 Å². The van der Waals surface area contributed by atoms with Gasteiger partial charge in [-0.05, 0) is 48.9 Å². The Morgan fingerprint density at radius 2 is 1.46 bits per heavy atom. The number of fused-ring (bicyclic) bond motifs is 4. The second-order valence-electron chi connectivity index (χ2n) is 7.24. The Balaban J connectivity index is 1.88. The fourth-order valence-electron chi connectivity index (χ4n) is 4.35. The molecule has 0 bridgehead atoms. The lowest BCUT2D eigenvalue weighted by atomic mass is 10.1. The summed E-state index contributed by atoms with van der Waals surface area (Å²) in [5.41, 5.74) is 7.39. The van der Waals surface area contributed by atoms with Crippen LogP contribution in [0.4, 0.5) is 0 Å². The molecule has 2 nitrogen and oxygen atoms in total. The van der Waals surface area contributed by atoms with Gasteiger partial charge in [-0.25, -0.2) is 0 Å². The molecule has 0 saturated heterocycles. The largest absolute Gasteiger partial charge is 0.344 e. The van der Waals surface area contributed by atoms with E-state index in [0.717, 1.165) is 0 Å². The van der Waals surface area contributed by atoms with E-state index in [0.29, 0.717) is 0 Å². The molecule has 0 aliphatic heterocycles. The number of para-hydroxylation sites is 2. The van der Waals surface area contributed by atoms with Crippen LogP contribution in [0.5, 0.6) is 0 Å². The Kier molecular flexibility index (Phi) is 3.73. The summed E-state index contributed by atoms with van der Waals surface area (Å²) in [6, 6.07) is 24.0. The van der Waals surface area contributed by atoms with Crippen molar-refractivity contribution < 1.29 is 0 Å². The number of aromatic nitrogens is 2. The van der Waals surface area contributed by atoms with Gasteiger partial charge in [0.05, 0.1) is 5.52 Å². The molecule has 2 aromatic heterocycles. The Hall–Kier alpha value is -3.52. The molecule has 5 aromatic rings. The topological polar surface area (TPSA) is 9.86 Å². The van der Waals surface area contributed by atoms with Crippen molar-refractivity contribution in [2.45, 2.75) is 6.92 Å². The summed E-state index contributed by atoms with van der Waals surface area (Å²) < 4.78 is 4.62. The molecule has 2 heteroatoms. The van der Waals surface area contributed by atoms with Crippen LogP contribution in [0.25, 0.3) is 44.5 Å². The van der Waals surface area contributed by atoms with Crippen molar-refractivity contribution in [3.05, 3.63) is 96.7 Å². The molecule has 0 amide bonds. The highest BCUT2D eigenvalue weighted by Crippen LogP contribution is 2.34. The van der Waals surface area contributed by atoms with E-state index in [-0.39, 0.29) is 0 Å². The van der Waals surface area contributed by atoms with Crippen LogP contribution in [0.2, 0.25) is 0 Å². The van der Waals surface area contributed by atoms with Gasteiger partial charge >= 0.3 is 0 Å². The van der Waals surface area contributed by atoms with Gasteiger partial charge in [-0.3, -0.25) is 0 Å². The summed E-state index contributed by atoms with van der Waals surface area (Å²) in [5.74, 6) is 0. The smallest absolute Gasteiger partial charge is 0.0537 e. The minimum atomic E-state index is 1.18. The number of hydrogen-bond acceptors (Lipinski definition) is 0. The van der Waals surface area contributed by atoms with Crippen LogP contribution in [-0.4, -0.2) is 9.13 Å². The minimum Gasteiger partial charge on any atom is -0.344 e. The molecule has 0 unspecified atom stereocenters. The molecule has 136 valence electrons. The number of aryl methyl sites for hydroxylation is 2. The maximum atomic E-state index is 3.84. The molecule has 0 atom stereocenters. The lowest BCUT2D eigenvalue weighted by Crippen LogP contribution is -1.97. The molecule has 5 rings (SSSR count). The predicted octanol–water partition coefficient (Wildman–Crippen LogP) is 6.78. The molecule has 2 heterocycles. The quantitative estimate of drug-likeness (QED) is 0.313. The maximum absolute atomic E-state index is 3.84. The summed E-state index contributed by atoms with van der Waals surface area (Å²) in [4.78, 5) is 0. The van der Waals surface area contributed by atoms with Crippen molar-refractivity contribution in [1.82, 2.24) is 9.13 Å². The molecule has 0 radical (unpaired) electrons. The van der Waals surface area contributed by atoms with Crippen LogP contribution in [-0.2, 0) is 7.05 Å². The SMILES string of the molecule is C=C/C=C\c1c(C)c2ccccc2n1-c1ccc2c(c1)c1ccccc1n2C. The summed E-state index contributed by atoms with van der Waals surface area (Å²) in [5, 5.41) is 3.85. The summed E-state index contributed by atoms with van der Waals surface area (Å²) in [7, 11) is 2.14. The van der Waals surface area contributed by atoms with Gasteiger partial charge in [0.2, 0.25) is 0 Å². The summed E-state index contributed by atoms with van der Waals surface area (Å²) >= 11 is 0. The highest BCUT2D eigenvalue weighted by atomic mass is 15.0. The van der Waals surface area contributed by atoms with E-state index in [4.69, 9.17) is 0 Å². The van der Waals surface area contributed by atoms with E-state index in [1.807, 2.05) is 12.2 Å². The Labute approximate surface area is 164 Å². The van der Waals surface area contributed by atoms with Gasteiger partial charge in [0, 0.05) is 45.6 Å². The second kappa shape index (κ2) is 6.28. The van der Waals surface area contributed by atoms with Crippen LogP contribution in [0.1, 0.15) is 11.3 Å². The van der Waals surface area contributed by atoms with Gasteiger partial charge < -0.3 is 9.13 Å². The van der Waals surface area contributed by atoms with Crippen LogP contribution in [0.3, 0.4) is 0 Å². The van der Waals surface area contributed by atoms with Gasteiger partial charge in [-0.2, -0.15) is 0 Å². The zero-order valence-electron chi connectivity index (χ0n) is 16.2. The van der Waals surface area contributed by atoms with E-state index in [9.17, 15) is 0 Å². The van der Waals surface area contributed by atoms with Crippen molar-refractivity contribution in [3.8, 4) is 5.69 Å². The van der Waals surface area contributed by atoms with Crippen molar-refractivity contribution in [3.63, 3.8) is 0 Å². The average molecular weight is 362 g/mol. The maximum Gasteiger partial charge on any atom is 0.0537 e. The Bertz CT molecular complexity index is 1390. The number of rotatable bonds is 3. The first kappa shape index (κ1) is 16.6. The first-order chi connectivity index (χ1) is 13.7. The number of allylic oxidation sites excluding steroid dienone is 2. The van der Waals surface area contributed by atoms with Gasteiger partial charge in [-0.15, -0.1) is 0 Å². The van der Waals surface area contributed by atoms with Crippen LogP contribution >= 0.6 is 0 Å². The zero-order valence-corrected chi connectivity index (χ0v) is 16.2. The molecule has 28 heavy (non-hydrogen) atoms. The number of benzene rings is 3.